The van der Waals surface area contributed by atoms with Crippen LogP contribution in [-0.4, -0.2) is 83.4 Å². The van der Waals surface area contributed by atoms with Crippen molar-refractivity contribution in [1.29, 1.82) is 0 Å². The summed E-state index contributed by atoms with van der Waals surface area (Å²) in [5, 5.41) is 3.36. The van der Waals surface area contributed by atoms with Crippen LogP contribution in [0.2, 0.25) is 0 Å². The average molecular weight is 522 g/mol. The Balaban J connectivity index is 0.00000392. The molecule has 0 saturated carbocycles. The minimum absolute atomic E-state index is 0. The standard InChI is InChI=1S/C20H34N4O2S.HI/c1-20(2,3)27(25)17-10-22-19(21-4)24-13-11-23(12-14-24)15-16-26-18-8-6-5-7-9-18;/h5-9H,10-17H2,1-4H3,(H,21,22);1H. The summed E-state index contributed by atoms with van der Waals surface area (Å²) in [5.41, 5.74) is 0. The van der Waals surface area contributed by atoms with Crippen molar-refractivity contribution in [2.45, 2.75) is 25.5 Å². The number of hydrogen-bond donors (Lipinski definition) is 1. The van der Waals surface area contributed by atoms with Crippen molar-refractivity contribution in [2.75, 3.05) is 58.7 Å². The summed E-state index contributed by atoms with van der Waals surface area (Å²) in [6, 6.07) is 9.95. The number of rotatable bonds is 7. The molecular formula is C20H35IN4O2S. The van der Waals surface area contributed by atoms with Crippen LogP contribution in [0.1, 0.15) is 20.8 Å². The molecule has 1 aromatic rings. The molecule has 1 aliphatic heterocycles. The zero-order chi connectivity index (χ0) is 19.7. The molecule has 160 valence electrons. The molecule has 0 radical (unpaired) electrons. The molecule has 0 aromatic heterocycles. The number of benzene rings is 1. The van der Waals surface area contributed by atoms with E-state index >= 15 is 0 Å². The molecule has 8 heteroatoms. The molecule has 6 nitrogen and oxygen atoms in total. The summed E-state index contributed by atoms with van der Waals surface area (Å²) < 4.78 is 17.8. The van der Waals surface area contributed by atoms with E-state index in [9.17, 15) is 4.21 Å². The zero-order valence-electron chi connectivity index (χ0n) is 17.5. The fraction of sp³-hybridized carbons (Fsp3) is 0.650. The Bertz CT molecular complexity index is 614. The molecule has 1 heterocycles. The maximum absolute atomic E-state index is 12.2. The van der Waals surface area contributed by atoms with Crippen molar-refractivity contribution in [3.63, 3.8) is 0 Å². The third-order valence-electron chi connectivity index (χ3n) is 4.56. The molecule has 0 bridgehead atoms. The first-order valence-corrected chi connectivity index (χ1v) is 11.0. The molecule has 28 heavy (non-hydrogen) atoms. The van der Waals surface area contributed by atoms with E-state index in [0.717, 1.165) is 44.4 Å². The van der Waals surface area contributed by atoms with Gasteiger partial charge in [0.1, 0.15) is 12.4 Å². The highest BCUT2D eigenvalue weighted by molar-refractivity contribution is 14.0. The van der Waals surface area contributed by atoms with Crippen molar-refractivity contribution < 1.29 is 8.95 Å². The van der Waals surface area contributed by atoms with E-state index in [1.54, 1.807) is 0 Å². The topological polar surface area (TPSA) is 57.2 Å². The number of ether oxygens (including phenoxy) is 1. The Morgan fingerprint density at radius 3 is 2.39 bits per heavy atom. The summed E-state index contributed by atoms with van der Waals surface area (Å²) in [6.07, 6.45) is 0. The highest BCUT2D eigenvalue weighted by atomic mass is 127. The predicted molar refractivity (Wildman–Crippen MR) is 129 cm³/mol. The van der Waals surface area contributed by atoms with Crippen LogP contribution in [0.3, 0.4) is 0 Å². The number of guanidine groups is 1. The van der Waals surface area contributed by atoms with E-state index in [-0.39, 0.29) is 28.7 Å². The van der Waals surface area contributed by atoms with Gasteiger partial charge in [-0.2, -0.15) is 0 Å². The molecule has 0 amide bonds. The van der Waals surface area contributed by atoms with Crippen molar-refractivity contribution >= 4 is 40.7 Å². The van der Waals surface area contributed by atoms with Gasteiger partial charge in [-0.1, -0.05) is 18.2 Å². The van der Waals surface area contributed by atoms with Crippen molar-refractivity contribution in [3.8, 4) is 5.75 Å². The highest BCUT2D eigenvalue weighted by Gasteiger charge is 2.21. The summed E-state index contributed by atoms with van der Waals surface area (Å²) in [5.74, 6) is 2.47. The molecule has 1 N–H and O–H groups in total. The fourth-order valence-electron chi connectivity index (χ4n) is 2.89. The lowest BCUT2D eigenvalue weighted by Gasteiger charge is -2.36. The van der Waals surface area contributed by atoms with Crippen LogP contribution in [-0.2, 0) is 10.8 Å². The molecule has 1 unspecified atom stereocenters. The molecule has 1 aromatic carbocycles. The van der Waals surface area contributed by atoms with E-state index in [0.29, 0.717) is 18.9 Å². The Kier molecular flexibility index (Phi) is 11.4. The van der Waals surface area contributed by atoms with Gasteiger partial charge in [0.2, 0.25) is 0 Å². The number of para-hydroxylation sites is 1. The third kappa shape index (κ3) is 8.65. The maximum atomic E-state index is 12.2. The number of halogens is 1. The summed E-state index contributed by atoms with van der Waals surface area (Å²) >= 11 is 0. The van der Waals surface area contributed by atoms with Crippen LogP contribution in [0, 0.1) is 0 Å². The minimum Gasteiger partial charge on any atom is -0.492 e. The molecule has 0 aliphatic carbocycles. The van der Waals surface area contributed by atoms with Gasteiger partial charge in [-0.15, -0.1) is 24.0 Å². The second-order valence-electron chi connectivity index (χ2n) is 7.63. The van der Waals surface area contributed by atoms with Gasteiger partial charge < -0.3 is 15.0 Å². The number of nitrogens with zero attached hydrogens (tertiary/aromatic N) is 3. The summed E-state index contributed by atoms with van der Waals surface area (Å²) in [7, 11) is 0.964. The van der Waals surface area contributed by atoms with Crippen molar-refractivity contribution in [2.24, 2.45) is 4.99 Å². The molecule has 1 fully saturated rings. The maximum Gasteiger partial charge on any atom is 0.193 e. The Labute approximate surface area is 189 Å². The van der Waals surface area contributed by atoms with Crippen LogP contribution < -0.4 is 10.1 Å². The van der Waals surface area contributed by atoms with Gasteiger partial charge >= 0.3 is 0 Å². The second-order valence-corrected chi connectivity index (χ2v) is 9.95. The van der Waals surface area contributed by atoms with Crippen LogP contribution in [0.5, 0.6) is 5.75 Å². The van der Waals surface area contributed by atoms with Crippen molar-refractivity contribution in [3.05, 3.63) is 30.3 Å². The number of piperazine rings is 1. The van der Waals surface area contributed by atoms with Gasteiger partial charge in [-0.3, -0.25) is 14.1 Å². The van der Waals surface area contributed by atoms with Gasteiger partial charge in [0.05, 0.1) is 0 Å². The largest absolute Gasteiger partial charge is 0.492 e. The first-order chi connectivity index (χ1) is 12.9. The number of hydrogen-bond acceptors (Lipinski definition) is 4. The van der Waals surface area contributed by atoms with E-state index < -0.39 is 10.8 Å². The fourth-order valence-corrected chi connectivity index (χ4v) is 3.79. The first-order valence-electron chi connectivity index (χ1n) is 9.64. The molecule has 1 atom stereocenters. The van der Waals surface area contributed by atoms with E-state index in [2.05, 4.69) is 20.1 Å². The molecule has 0 spiro atoms. The second kappa shape index (κ2) is 12.6. The van der Waals surface area contributed by atoms with Crippen LogP contribution >= 0.6 is 24.0 Å². The Morgan fingerprint density at radius 2 is 1.82 bits per heavy atom. The molecule has 1 aliphatic rings. The molecular weight excluding hydrogens is 487 g/mol. The van der Waals surface area contributed by atoms with Gasteiger partial charge in [0.25, 0.3) is 0 Å². The molecule has 2 rings (SSSR count). The van der Waals surface area contributed by atoms with E-state index in [1.165, 1.54) is 0 Å². The van der Waals surface area contributed by atoms with Crippen LogP contribution in [0.15, 0.2) is 35.3 Å². The van der Waals surface area contributed by atoms with Crippen molar-refractivity contribution in [1.82, 2.24) is 15.1 Å². The highest BCUT2D eigenvalue weighted by Crippen LogP contribution is 2.11. The van der Waals surface area contributed by atoms with Gasteiger partial charge in [0.15, 0.2) is 5.96 Å². The van der Waals surface area contributed by atoms with Crippen LogP contribution in [0.4, 0.5) is 0 Å². The van der Waals surface area contributed by atoms with E-state index in [4.69, 9.17) is 4.74 Å². The summed E-state index contributed by atoms with van der Waals surface area (Å²) in [6.45, 7) is 12.2. The summed E-state index contributed by atoms with van der Waals surface area (Å²) in [4.78, 5) is 9.08. The van der Waals surface area contributed by atoms with Gasteiger partial charge in [-0.25, -0.2) is 0 Å². The normalized spacial score (nSPS) is 17.0. The lowest BCUT2D eigenvalue weighted by Crippen LogP contribution is -2.53. The quantitative estimate of drug-likeness (QED) is 0.339. The lowest BCUT2D eigenvalue weighted by atomic mass is 10.3. The zero-order valence-corrected chi connectivity index (χ0v) is 20.7. The van der Waals surface area contributed by atoms with Gasteiger partial charge in [-0.05, 0) is 32.9 Å². The number of nitrogens with one attached hydrogen (secondary N) is 1. The average Bonchev–Trinajstić information content (AvgIpc) is 2.66. The predicted octanol–water partition coefficient (Wildman–Crippen LogP) is 2.42. The van der Waals surface area contributed by atoms with Crippen LogP contribution in [0.25, 0.3) is 0 Å². The Hall–Kier alpha value is -0.870. The smallest absolute Gasteiger partial charge is 0.193 e. The third-order valence-corrected chi connectivity index (χ3v) is 6.50. The Morgan fingerprint density at radius 1 is 1.18 bits per heavy atom. The minimum atomic E-state index is -0.844. The van der Waals surface area contributed by atoms with Gasteiger partial charge in [0, 0.05) is 67.6 Å². The SMILES string of the molecule is CN=C(NCCS(=O)C(C)(C)C)N1CCN(CCOc2ccccc2)CC1.I. The monoisotopic (exact) mass is 522 g/mol. The van der Waals surface area contributed by atoms with E-state index in [1.807, 2.05) is 58.2 Å². The first kappa shape index (κ1) is 25.2. The lowest BCUT2D eigenvalue weighted by molar-refractivity contribution is 0.152. The number of aliphatic imine (C=N–C) groups is 1. The molecule has 1 saturated heterocycles.